The molecule has 0 bridgehead atoms. The summed E-state index contributed by atoms with van der Waals surface area (Å²) < 4.78 is 44.5. The molecule has 24 heavy (non-hydrogen) atoms. The Bertz CT molecular complexity index is 780. The predicted molar refractivity (Wildman–Crippen MR) is 81.4 cm³/mol. The smallest absolute Gasteiger partial charge is 0.338 e. The van der Waals surface area contributed by atoms with E-state index >= 15 is 0 Å². The molecule has 2 rings (SSSR count). The van der Waals surface area contributed by atoms with Gasteiger partial charge in [0.15, 0.2) is 5.82 Å². The van der Waals surface area contributed by atoms with Crippen LogP contribution in [0.5, 0.6) is 0 Å². The average Bonchev–Trinajstić information content (AvgIpc) is 2.95. The number of hydrogen-bond acceptors (Lipinski definition) is 6. The van der Waals surface area contributed by atoms with Gasteiger partial charge in [0.2, 0.25) is 5.89 Å². The summed E-state index contributed by atoms with van der Waals surface area (Å²) in [5.74, 6) is 0.874. The fourth-order valence-corrected chi connectivity index (χ4v) is 2.93. The van der Waals surface area contributed by atoms with Crippen LogP contribution in [0.2, 0.25) is 0 Å². The number of alkyl halides is 3. The number of halogens is 3. The highest BCUT2D eigenvalue weighted by molar-refractivity contribution is 7.99. The van der Waals surface area contributed by atoms with Gasteiger partial charge >= 0.3 is 6.18 Å². The van der Waals surface area contributed by atoms with E-state index < -0.39 is 22.6 Å². The Kier molecular flexibility index (Phi) is 5.18. The van der Waals surface area contributed by atoms with E-state index in [2.05, 4.69) is 15.1 Å². The Balaban J connectivity index is 2.38. The standard InChI is InChI=1S/C15H15F3N4OS/c1-7(2)12-21-13(23-22-12)9(4)24-14-10(6-19)11(15(16,17)18)5-8(3)20-14/h5,7,9H,1-4H3. The van der Waals surface area contributed by atoms with Gasteiger partial charge in [0.25, 0.3) is 0 Å². The van der Waals surface area contributed by atoms with Crippen LogP contribution in [0.4, 0.5) is 13.2 Å². The molecule has 5 nitrogen and oxygen atoms in total. The third kappa shape index (κ3) is 3.87. The van der Waals surface area contributed by atoms with E-state index in [1.807, 2.05) is 13.8 Å². The molecule has 0 aliphatic heterocycles. The lowest BCUT2D eigenvalue weighted by molar-refractivity contribution is -0.138. The molecule has 0 aliphatic rings. The fraction of sp³-hybridized carbons (Fsp3) is 0.467. The van der Waals surface area contributed by atoms with Crippen LogP contribution in [0.3, 0.4) is 0 Å². The molecule has 1 atom stereocenters. The zero-order valence-corrected chi connectivity index (χ0v) is 14.3. The van der Waals surface area contributed by atoms with Crippen LogP contribution in [0.1, 0.15) is 60.5 Å². The van der Waals surface area contributed by atoms with Crippen LogP contribution >= 0.6 is 11.8 Å². The fourth-order valence-electron chi connectivity index (χ4n) is 1.93. The van der Waals surface area contributed by atoms with E-state index in [1.165, 1.54) is 6.92 Å². The zero-order valence-electron chi connectivity index (χ0n) is 13.5. The van der Waals surface area contributed by atoms with Crippen LogP contribution in [-0.4, -0.2) is 15.1 Å². The van der Waals surface area contributed by atoms with Gasteiger partial charge in [-0.15, -0.1) is 0 Å². The minimum Gasteiger partial charge on any atom is -0.338 e. The van der Waals surface area contributed by atoms with Gasteiger partial charge < -0.3 is 4.52 Å². The van der Waals surface area contributed by atoms with Crippen molar-refractivity contribution in [2.24, 2.45) is 0 Å². The Morgan fingerprint density at radius 2 is 1.92 bits per heavy atom. The molecule has 0 saturated heterocycles. The molecule has 1 unspecified atom stereocenters. The van der Waals surface area contributed by atoms with Crippen molar-refractivity contribution in [1.29, 1.82) is 5.26 Å². The van der Waals surface area contributed by atoms with Crippen molar-refractivity contribution >= 4 is 11.8 Å². The van der Waals surface area contributed by atoms with E-state index in [4.69, 9.17) is 9.78 Å². The second-order valence-corrected chi connectivity index (χ2v) is 6.84. The molecule has 0 aromatic carbocycles. The molecule has 0 N–H and O–H groups in total. The monoisotopic (exact) mass is 356 g/mol. The van der Waals surface area contributed by atoms with Crippen LogP contribution in [0.25, 0.3) is 0 Å². The SMILES string of the molecule is Cc1cc(C(F)(F)F)c(C#N)c(SC(C)c2nc(C(C)C)no2)n1. The van der Waals surface area contributed by atoms with Crippen molar-refractivity contribution < 1.29 is 17.7 Å². The topological polar surface area (TPSA) is 75.6 Å². The van der Waals surface area contributed by atoms with E-state index in [9.17, 15) is 13.2 Å². The summed E-state index contributed by atoms with van der Waals surface area (Å²) in [5.41, 5.74) is -1.29. The number of nitrogens with zero attached hydrogens (tertiary/aromatic N) is 4. The molecule has 0 aliphatic carbocycles. The van der Waals surface area contributed by atoms with Gasteiger partial charge in [-0.1, -0.05) is 30.8 Å². The largest absolute Gasteiger partial charge is 0.417 e. The number of aromatic nitrogens is 3. The molecule has 2 aromatic rings. The van der Waals surface area contributed by atoms with Gasteiger partial charge in [0, 0.05) is 11.6 Å². The van der Waals surface area contributed by atoms with Crippen molar-refractivity contribution in [3.05, 3.63) is 34.6 Å². The van der Waals surface area contributed by atoms with Crippen molar-refractivity contribution in [3.63, 3.8) is 0 Å². The highest BCUT2D eigenvalue weighted by Gasteiger charge is 2.36. The molecular formula is C15H15F3N4OS. The van der Waals surface area contributed by atoms with E-state index in [-0.39, 0.29) is 22.5 Å². The van der Waals surface area contributed by atoms with Crippen molar-refractivity contribution in [2.45, 2.75) is 50.1 Å². The Morgan fingerprint density at radius 3 is 2.42 bits per heavy atom. The molecule has 9 heteroatoms. The van der Waals surface area contributed by atoms with Crippen molar-refractivity contribution in [1.82, 2.24) is 15.1 Å². The van der Waals surface area contributed by atoms with Gasteiger partial charge in [-0.05, 0) is 19.9 Å². The van der Waals surface area contributed by atoms with Gasteiger partial charge in [-0.3, -0.25) is 0 Å². The normalized spacial score (nSPS) is 13.1. The maximum atomic E-state index is 13.1. The minimum atomic E-state index is -4.62. The van der Waals surface area contributed by atoms with Crippen LogP contribution in [-0.2, 0) is 6.18 Å². The summed E-state index contributed by atoms with van der Waals surface area (Å²) >= 11 is 0.988. The first kappa shape index (κ1) is 18.3. The predicted octanol–water partition coefficient (Wildman–Crippen LogP) is 4.64. The van der Waals surface area contributed by atoms with Crippen LogP contribution in [0, 0.1) is 18.3 Å². The molecular weight excluding hydrogens is 341 g/mol. The summed E-state index contributed by atoms with van der Waals surface area (Å²) in [6.07, 6.45) is -4.62. The third-order valence-electron chi connectivity index (χ3n) is 3.14. The van der Waals surface area contributed by atoms with Gasteiger partial charge in [0.1, 0.15) is 11.1 Å². The quantitative estimate of drug-likeness (QED) is 0.743. The minimum absolute atomic E-state index is 0.00150. The van der Waals surface area contributed by atoms with Crippen molar-refractivity contribution in [2.75, 3.05) is 0 Å². The Hall–Kier alpha value is -2.08. The summed E-state index contributed by atoms with van der Waals surface area (Å²) in [7, 11) is 0. The highest BCUT2D eigenvalue weighted by Crippen LogP contribution is 2.40. The molecule has 128 valence electrons. The first-order chi connectivity index (χ1) is 11.1. The van der Waals surface area contributed by atoms with Crippen LogP contribution in [0.15, 0.2) is 15.6 Å². The maximum Gasteiger partial charge on any atom is 0.417 e. The molecule has 0 spiro atoms. The first-order valence-corrected chi connectivity index (χ1v) is 8.00. The van der Waals surface area contributed by atoms with E-state index in [0.717, 1.165) is 17.8 Å². The number of rotatable bonds is 4. The van der Waals surface area contributed by atoms with E-state index in [0.29, 0.717) is 5.82 Å². The number of nitriles is 1. The lowest BCUT2D eigenvalue weighted by Crippen LogP contribution is -2.11. The Morgan fingerprint density at radius 1 is 1.25 bits per heavy atom. The average molecular weight is 356 g/mol. The second kappa shape index (κ2) is 6.81. The summed E-state index contributed by atoms with van der Waals surface area (Å²) in [6.45, 7) is 6.96. The summed E-state index contributed by atoms with van der Waals surface area (Å²) in [4.78, 5) is 8.30. The number of hydrogen-bond donors (Lipinski definition) is 0. The van der Waals surface area contributed by atoms with Gasteiger partial charge in [0.05, 0.1) is 16.4 Å². The lowest BCUT2D eigenvalue weighted by atomic mass is 10.1. The first-order valence-electron chi connectivity index (χ1n) is 7.12. The Labute approximate surface area is 141 Å². The third-order valence-corrected chi connectivity index (χ3v) is 4.22. The highest BCUT2D eigenvalue weighted by atomic mass is 32.2. The van der Waals surface area contributed by atoms with E-state index in [1.54, 1.807) is 13.0 Å². The summed E-state index contributed by atoms with van der Waals surface area (Å²) in [5, 5.41) is 12.6. The molecule has 2 aromatic heterocycles. The molecule has 2 heterocycles. The zero-order chi connectivity index (χ0) is 18.1. The molecule has 0 saturated carbocycles. The summed E-state index contributed by atoms with van der Waals surface area (Å²) in [6, 6.07) is 2.48. The maximum absolute atomic E-state index is 13.1. The number of pyridine rings is 1. The van der Waals surface area contributed by atoms with Gasteiger partial charge in [-0.2, -0.15) is 23.4 Å². The van der Waals surface area contributed by atoms with Crippen molar-refractivity contribution in [3.8, 4) is 6.07 Å². The van der Waals surface area contributed by atoms with Crippen LogP contribution < -0.4 is 0 Å². The number of aryl methyl sites for hydroxylation is 1. The lowest BCUT2D eigenvalue weighted by Gasteiger charge is -2.14. The van der Waals surface area contributed by atoms with Gasteiger partial charge in [-0.25, -0.2) is 4.98 Å². The molecule has 0 fully saturated rings. The molecule has 0 amide bonds. The number of thioether (sulfide) groups is 1. The molecule has 0 radical (unpaired) electrons. The second-order valence-electron chi connectivity index (χ2n) is 5.51.